The predicted molar refractivity (Wildman–Crippen MR) is 97.6 cm³/mol. The fraction of sp³-hybridized carbons (Fsp3) is 0.556. The number of hydrogen-bond acceptors (Lipinski definition) is 4. The van der Waals surface area contributed by atoms with Crippen LogP contribution in [-0.4, -0.2) is 40.2 Å². The van der Waals surface area contributed by atoms with E-state index in [0.717, 1.165) is 30.7 Å². The molecule has 1 aliphatic carbocycles. The molecular weight excluding hydrogens is 352 g/mol. The molecule has 0 bridgehead atoms. The maximum Gasteiger partial charge on any atom is 0.345 e. The minimum atomic E-state index is -3.54. The van der Waals surface area contributed by atoms with Crippen LogP contribution in [0.15, 0.2) is 27.9 Å². The average molecular weight is 376 g/mol. The first-order valence-corrected chi connectivity index (χ1v) is 10.5. The van der Waals surface area contributed by atoms with Gasteiger partial charge in [-0.05, 0) is 55.4 Å². The average Bonchev–Trinajstić information content (AvgIpc) is 3.12. The summed E-state index contributed by atoms with van der Waals surface area (Å²) in [7, 11) is -0.248. The lowest BCUT2D eigenvalue weighted by Crippen LogP contribution is -2.37. The number of aryl methyl sites for hydroxylation is 4. The maximum atomic E-state index is 13.1. The Labute approximate surface area is 153 Å². The molecule has 0 saturated heterocycles. The normalized spacial score (nSPS) is 20.0. The van der Waals surface area contributed by atoms with Crippen LogP contribution in [0.3, 0.4) is 0 Å². The van der Waals surface area contributed by atoms with Gasteiger partial charge in [0.25, 0.3) is 0 Å². The second-order valence-electron chi connectivity index (χ2n) is 7.26. The van der Waals surface area contributed by atoms with Crippen LogP contribution < -0.4 is 5.69 Å². The Morgan fingerprint density at radius 2 is 1.92 bits per heavy atom. The van der Waals surface area contributed by atoms with Gasteiger partial charge in [-0.1, -0.05) is 6.07 Å². The molecule has 0 saturated carbocycles. The highest BCUT2D eigenvalue weighted by molar-refractivity contribution is 7.89. The van der Waals surface area contributed by atoms with E-state index in [2.05, 4.69) is 5.10 Å². The van der Waals surface area contributed by atoms with Crippen LogP contribution in [0, 0.1) is 0 Å². The molecule has 1 unspecified atom stereocenters. The second kappa shape index (κ2) is 6.35. The highest BCUT2D eigenvalue weighted by Gasteiger charge is 2.31. The summed E-state index contributed by atoms with van der Waals surface area (Å²) in [5.74, 6) is 0.739. The maximum absolute atomic E-state index is 13.1. The summed E-state index contributed by atoms with van der Waals surface area (Å²) in [6.45, 7) is 0.497. The Balaban J connectivity index is 1.57. The van der Waals surface area contributed by atoms with Crippen LogP contribution in [0.2, 0.25) is 0 Å². The third kappa shape index (κ3) is 2.81. The van der Waals surface area contributed by atoms with Crippen molar-refractivity contribution in [2.24, 2.45) is 7.05 Å². The number of nitrogens with zero attached hydrogens (tertiary/aromatic N) is 4. The molecule has 0 N–H and O–H groups in total. The lowest BCUT2D eigenvalue weighted by molar-refractivity contribution is 0.329. The molecule has 140 valence electrons. The van der Waals surface area contributed by atoms with Crippen molar-refractivity contribution in [3.63, 3.8) is 0 Å². The van der Waals surface area contributed by atoms with E-state index in [4.69, 9.17) is 0 Å². The molecule has 4 rings (SSSR count). The summed E-state index contributed by atoms with van der Waals surface area (Å²) < 4.78 is 30.7. The van der Waals surface area contributed by atoms with Crippen LogP contribution >= 0.6 is 0 Å². The van der Waals surface area contributed by atoms with Gasteiger partial charge in [0, 0.05) is 33.1 Å². The summed E-state index contributed by atoms with van der Waals surface area (Å²) in [6, 6.07) is 5.38. The van der Waals surface area contributed by atoms with Crippen molar-refractivity contribution in [2.75, 3.05) is 7.05 Å². The van der Waals surface area contributed by atoms with Gasteiger partial charge in [0.05, 0.1) is 4.90 Å². The molecule has 2 aliphatic rings. The van der Waals surface area contributed by atoms with Gasteiger partial charge < -0.3 is 0 Å². The number of hydrogen-bond donors (Lipinski definition) is 0. The largest absolute Gasteiger partial charge is 0.345 e. The summed E-state index contributed by atoms with van der Waals surface area (Å²) in [5.41, 5.74) is 2.29. The van der Waals surface area contributed by atoms with E-state index < -0.39 is 10.0 Å². The smallest absolute Gasteiger partial charge is 0.279 e. The van der Waals surface area contributed by atoms with Crippen LogP contribution in [0.4, 0.5) is 0 Å². The molecule has 0 spiro atoms. The molecule has 1 aromatic heterocycles. The van der Waals surface area contributed by atoms with E-state index in [-0.39, 0.29) is 11.7 Å². The monoisotopic (exact) mass is 376 g/mol. The number of sulfonamides is 1. The Morgan fingerprint density at radius 1 is 1.15 bits per heavy atom. The highest BCUT2D eigenvalue weighted by Crippen LogP contribution is 2.28. The number of rotatable bonds is 3. The lowest BCUT2D eigenvalue weighted by Gasteiger charge is -2.26. The molecule has 0 fully saturated rings. The fourth-order valence-corrected chi connectivity index (χ4v) is 5.58. The topological polar surface area (TPSA) is 77.2 Å². The standard InChI is InChI=1S/C18H24N4O3S/c1-20-18(23)22-11-10-15(7-9-17(22)19-20)21(2)26(24,25)16-8-6-13-4-3-5-14(13)12-16/h6,8,12,15H,3-5,7,9-11H2,1-2H3. The van der Waals surface area contributed by atoms with Gasteiger partial charge >= 0.3 is 5.69 Å². The Morgan fingerprint density at radius 3 is 2.73 bits per heavy atom. The van der Waals surface area contributed by atoms with Gasteiger partial charge in [-0.3, -0.25) is 4.57 Å². The molecule has 0 radical (unpaired) electrons. The van der Waals surface area contributed by atoms with E-state index in [1.54, 1.807) is 24.7 Å². The van der Waals surface area contributed by atoms with Crippen molar-refractivity contribution >= 4 is 10.0 Å². The zero-order valence-corrected chi connectivity index (χ0v) is 16.0. The van der Waals surface area contributed by atoms with Gasteiger partial charge in [0.15, 0.2) is 0 Å². The molecule has 0 amide bonds. The van der Waals surface area contributed by atoms with E-state index in [1.165, 1.54) is 14.6 Å². The molecule has 2 heterocycles. The highest BCUT2D eigenvalue weighted by atomic mass is 32.2. The minimum absolute atomic E-state index is 0.134. The number of fused-ring (bicyclic) bond motifs is 2. The summed E-state index contributed by atoms with van der Waals surface area (Å²) in [5, 5.41) is 4.26. The van der Waals surface area contributed by atoms with Gasteiger partial charge in [-0.2, -0.15) is 9.40 Å². The van der Waals surface area contributed by atoms with E-state index in [9.17, 15) is 13.2 Å². The van der Waals surface area contributed by atoms with Crippen molar-refractivity contribution < 1.29 is 8.42 Å². The Bertz CT molecular complexity index is 1010. The van der Waals surface area contributed by atoms with Crippen LogP contribution in [0.25, 0.3) is 0 Å². The number of aromatic nitrogens is 3. The van der Waals surface area contributed by atoms with Crippen LogP contribution in [0.1, 0.15) is 36.2 Å². The molecular formula is C18H24N4O3S. The Kier molecular flexibility index (Phi) is 4.27. The third-order valence-corrected chi connectivity index (χ3v) is 7.64. The molecule has 1 aromatic carbocycles. The first-order chi connectivity index (χ1) is 12.4. The zero-order valence-electron chi connectivity index (χ0n) is 15.2. The van der Waals surface area contributed by atoms with Gasteiger partial charge in [-0.15, -0.1) is 0 Å². The number of benzene rings is 1. The third-order valence-electron chi connectivity index (χ3n) is 5.73. The van der Waals surface area contributed by atoms with Gasteiger partial charge in [0.1, 0.15) is 5.82 Å². The molecule has 1 atom stereocenters. The molecule has 26 heavy (non-hydrogen) atoms. The van der Waals surface area contributed by atoms with Crippen molar-refractivity contribution in [1.29, 1.82) is 0 Å². The quantitative estimate of drug-likeness (QED) is 0.804. The molecule has 7 nitrogen and oxygen atoms in total. The van der Waals surface area contributed by atoms with Crippen molar-refractivity contribution in [3.05, 3.63) is 45.6 Å². The summed E-state index contributed by atoms with van der Waals surface area (Å²) in [6.07, 6.45) is 4.96. The predicted octanol–water partition coefficient (Wildman–Crippen LogP) is 1.10. The fourth-order valence-electron chi connectivity index (χ4n) is 4.12. The first-order valence-electron chi connectivity index (χ1n) is 9.10. The molecule has 1 aliphatic heterocycles. The van der Waals surface area contributed by atoms with Crippen LogP contribution in [0.5, 0.6) is 0 Å². The van der Waals surface area contributed by atoms with E-state index in [0.29, 0.717) is 30.7 Å². The van der Waals surface area contributed by atoms with Crippen molar-refractivity contribution in [1.82, 2.24) is 18.7 Å². The second-order valence-corrected chi connectivity index (χ2v) is 9.26. The minimum Gasteiger partial charge on any atom is -0.279 e. The Hall–Kier alpha value is -1.93. The van der Waals surface area contributed by atoms with Crippen LogP contribution in [-0.2, 0) is 42.9 Å². The zero-order chi connectivity index (χ0) is 18.5. The van der Waals surface area contributed by atoms with Crippen molar-refractivity contribution in [2.45, 2.75) is 56.0 Å². The lowest BCUT2D eigenvalue weighted by atomic mass is 10.1. The first kappa shape index (κ1) is 17.5. The van der Waals surface area contributed by atoms with Gasteiger partial charge in [0.2, 0.25) is 10.0 Å². The molecule has 8 heteroatoms. The van der Waals surface area contributed by atoms with Gasteiger partial charge in [-0.25, -0.2) is 17.9 Å². The molecule has 2 aromatic rings. The summed E-state index contributed by atoms with van der Waals surface area (Å²) >= 11 is 0. The summed E-state index contributed by atoms with van der Waals surface area (Å²) in [4.78, 5) is 12.5. The SMILES string of the molecule is CN(C1CCc2nn(C)c(=O)n2CC1)S(=O)(=O)c1ccc2c(c1)CCC2. The van der Waals surface area contributed by atoms with E-state index in [1.807, 2.05) is 12.1 Å². The van der Waals surface area contributed by atoms with E-state index >= 15 is 0 Å². The van der Waals surface area contributed by atoms with Crippen molar-refractivity contribution in [3.8, 4) is 0 Å².